The van der Waals surface area contributed by atoms with Gasteiger partial charge in [-0.15, -0.1) is 0 Å². The third-order valence-corrected chi connectivity index (χ3v) is 5.69. The molecule has 1 N–H and O–H groups in total. The second kappa shape index (κ2) is 7.00. The molecule has 3 amide bonds. The van der Waals surface area contributed by atoms with Crippen LogP contribution in [0, 0.1) is 11.8 Å². The lowest BCUT2D eigenvalue weighted by Gasteiger charge is -2.39. The molecule has 2 aliphatic heterocycles. The molecule has 0 bridgehead atoms. The first-order chi connectivity index (χ1) is 11.4. The van der Waals surface area contributed by atoms with Gasteiger partial charge < -0.3 is 15.0 Å². The van der Waals surface area contributed by atoms with E-state index in [1.54, 1.807) is 0 Å². The zero-order valence-electron chi connectivity index (χ0n) is 15.2. The predicted octanol–water partition coefficient (Wildman–Crippen LogP) is 1.84. The molecule has 0 unspecified atom stereocenters. The van der Waals surface area contributed by atoms with E-state index in [1.165, 1.54) is 17.7 Å². The van der Waals surface area contributed by atoms with Gasteiger partial charge in [0.15, 0.2) is 0 Å². The second-order valence-corrected chi connectivity index (χ2v) is 8.06. The first-order valence-corrected chi connectivity index (χ1v) is 9.37. The van der Waals surface area contributed by atoms with Gasteiger partial charge in [0.05, 0.1) is 6.61 Å². The normalized spacial score (nSPS) is 31.8. The molecule has 0 aromatic rings. The Morgan fingerprint density at radius 2 is 2.04 bits per heavy atom. The van der Waals surface area contributed by atoms with Gasteiger partial charge in [0, 0.05) is 31.7 Å². The number of carbonyl (C=O) groups excluding carboxylic acids is 2. The summed E-state index contributed by atoms with van der Waals surface area (Å²) in [5.41, 5.74) is -0.769. The minimum atomic E-state index is -0.769. The van der Waals surface area contributed by atoms with E-state index >= 15 is 0 Å². The van der Waals surface area contributed by atoms with Crippen LogP contribution in [0.3, 0.4) is 0 Å². The average molecular weight is 337 g/mol. The highest BCUT2D eigenvalue weighted by Gasteiger charge is 2.53. The van der Waals surface area contributed by atoms with Crippen molar-refractivity contribution in [3.63, 3.8) is 0 Å². The van der Waals surface area contributed by atoms with Gasteiger partial charge in [-0.3, -0.25) is 9.69 Å². The van der Waals surface area contributed by atoms with Gasteiger partial charge in [0.25, 0.3) is 5.91 Å². The molecule has 24 heavy (non-hydrogen) atoms. The van der Waals surface area contributed by atoms with Gasteiger partial charge in [0.1, 0.15) is 5.54 Å². The van der Waals surface area contributed by atoms with E-state index < -0.39 is 5.54 Å². The van der Waals surface area contributed by atoms with Crippen LogP contribution >= 0.6 is 0 Å². The van der Waals surface area contributed by atoms with Crippen molar-refractivity contribution >= 4 is 11.9 Å². The molecule has 0 aromatic heterocycles. The van der Waals surface area contributed by atoms with E-state index in [-0.39, 0.29) is 23.9 Å². The summed E-state index contributed by atoms with van der Waals surface area (Å²) in [5, 5.41) is 2.97. The molecule has 2 heterocycles. The number of rotatable bonds is 7. The standard InChI is InChI=1S/C18H31N3O3/c1-13(2)21-16(22)18(3,19-17(21)23)15-5-4-8-20(11-15)9-10-24-12-14-6-7-14/h13-15H,4-12H2,1-3H3,(H,19,23)/t15-,18+/m0/s1. The molecule has 1 saturated carbocycles. The summed E-state index contributed by atoms with van der Waals surface area (Å²) < 4.78 is 5.75. The van der Waals surface area contributed by atoms with Crippen molar-refractivity contribution in [3.8, 4) is 0 Å². The second-order valence-electron chi connectivity index (χ2n) is 8.06. The van der Waals surface area contributed by atoms with Crippen molar-refractivity contribution < 1.29 is 14.3 Å². The van der Waals surface area contributed by atoms with Gasteiger partial charge in [-0.1, -0.05) is 0 Å². The maximum atomic E-state index is 12.8. The zero-order chi connectivity index (χ0) is 17.3. The van der Waals surface area contributed by atoms with Crippen LogP contribution < -0.4 is 5.32 Å². The number of amides is 3. The molecule has 3 fully saturated rings. The Kier molecular flexibility index (Phi) is 5.16. The molecule has 2 atom stereocenters. The summed E-state index contributed by atoms with van der Waals surface area (Å²) >= 11 is 0. The van der Waals surface area contributed by atoms with Crippen molar-refractivity contribution in [3.05, 3.63) is 0 Å². The number of nitrogens with zero attached hydrogens (tertiary/aromatic N) is 2. The van der Waals surface area contributed by atoms with Gasteiger partial charge >= 0.3 is 6.03 Å². The van der Waals surface area contributed by atoms with Crippen LogP contribution in [-0.2, 0) is 9.53 Å². The summed E-state index contributed by atoms with van der Waals surface area (Å²) in [7, 11) is 0. The zero-order valence-corrected chi connectivity index (χ0v) is 15.2. The number of carbonyl (C=O) groups is 2. The minimum Gasteiger partial charge on any atom is -0.380 e. The molecule has 136 valence electrons. The first-order valence-electron chi connectivity index (χ1n) is 9.37. The van der Waals surface area contributed by atoms with E-state index in [0.717, 1.165) is 51.6 Å². The largest absolute Gasteiger partial charge is 0.380 e. The number of piperidine rings is 1. The lowest BCUT2D eigenvalue weighted by atomic mass is 9.80. The fourth-order valence-electron chi connectivity index (χ4n) is 3.88. The van der Waals surface area contributed by atoms with Gasteiger partial charge in [0.2, 0.25) is 0 Å². The number of hydrogen-bond acceptors (Lipinski definition) is 4. The van der Waals surface area contributed by atoms with Crippen molar-refractivity contribution in [1.82, 2.24) is 15.1 Å². The van der Waals surface area contributed by atoms with E-state index in [2.05, 4.69) is 10.2 Å². The topological polar surface area (TPSA) is 61.9 Å². The van der Waals surface area contributed by atoms with Crippen LogP contribution in [0.1, 0.15) is 46.5 Å². The SMILES string of the molecule is CC(C)N1C(=O)N[C@](C)([C@H]2CCCN(CCOCC3CC3)C2)C1=O. The monoisotopic (exact) mass is 337 g/mol. The highest BCUT2D eigenvalue weighted by atomic mass is 16.5. The smallest absolute Gasteiger partial charge is 0.325 e. The van der Waals surface area contributed by atoms with Gasteiger partial charge in [-0.25, -0.2) is 4.79 Å². The highest BCUT2D eigenvalue weighted by molar-refractivity contribution is 6.07. The maximum Gasteiger partial charge on any atom is 0.325 e. The molecule has 0 aromatic carbocycles. The molecule has 6 heteroatoms. The predicted molar refractivity (Wildman–Crippen MR) is 91.6 cm³/mol. The lowest BCUT2D eigenvalue weighted by Crippen LogP contribution is -2.56. The number of ether oxygens (including phenoxy) is 1. The number of nitrogens with one attached hydrogen (secondary N) is 1. The molecule has 3 rings (SSSR count). The molecule has 0 radical (unpaired) electrons. The molecular weight excluding hydrogens is 306 g/mol. The van der Waals surface area contributed by atoms with Crippen LogP contribution in [0.4, 0.5) is 4.79 Å². The quantitative estimate of drug-likeness (QED) is 0.569. The summed E-state index contributed by atoms with van der Waals surface area (Å²) in [6.45, 7) is 10.1. The average Bonchev–Trinajstić information content (AvgIpc) is 3.32. The van der Waals surface area contributed by atoms with Crippen LogP contribution in [-0.4, -0.2) is 66.2 Å². The van der Waals surface area contributed by atoms with Crippen molar-refractivity contribution in [2.75, 3.05) is 32.8 Å². The van der Waals surface area contributed by atoms with E-state index in [9.17, 15) is 9.59 Å². The number of likely N-dealkylation sites (tertiary alicyclic amines) is 1. The van der Waals surface area contributed by atoms with Gasteiger partial charge in [-0.2, -0.15) is 0 Å². The van der Waals surface area contributed by atoms with E-state index in [4.69, 9.17) is 4.74 Å². The fraction of sp³-hybridized carbons (Fsp3) is 0.889. The van der Waals surface area contributed by atoms with Crippen molar-refractivity contribution in [2.24, 2.45) is 11.8 Å². The van der Waals surface area contributed by atoms with Gasteiger partial charge in [-0.05, 0) is 58.9 Å². The Bertz CT molecular complexity index is 492. The van der Waals surface area contributed by atoms with Crippen LogP contribution in [0.5, 0.6) is 0 Å². The van der Waals surface area contributed by atoms with Crippen LogP contribution in [0.2, 0.25) is 0 Å². The summed E-state index contributed by atoms with van der Waals surface area (Å²) in [4.78, 5) is 28.8. The maximum absolute atomic E-state index is 12.8. The van der Waals surface area contributed by atoms with Crippen molar-refractivity contribution in [2.45, 2.75) is 58.0 Å². The molecule has 1 aliphatic carbocycles. The van der Waals surface area contributed by atoms with Crippen molar-refractivity contribution in [1.29, 1.82) is 0 Å². The Morgan fingerprint density at radius 1 is 1.29 bits per heavy atom. The molecule has 2 saturated heterocycles. The molecular formula is C18H31N3O3. The van der Waals surface area contributed by atoms with Crippen LogP contribution in [0.15, 0.2) is 0 Å². The summed E-state index contributed by atoms with van der Waals surface area (Å²) in [6, 6.07) is -0.350. The lowest BCUT2D eigenvalue weighted by molar-refractivity contribution is -0.134. The fourth-order valence-corrected chi connectivity index (χ4v) is 3.88. The van der Waals surface area contributed by atoms with Crippen LogP contribution in [0.25, 0.3) is 0 Å². The third-order valence-electron chi connectivity index (χ3n) is 5.69. The third kappa shape index (κ3) is 3.59. The summed E-state index contributed by atoms with van der Waals surface area (Å²) in [6.07, 6.45) is 4.68. The molecule has 0 spiro atoms. The number of hydrogen-bond donors (Lipinski definition) is 1. The Labute approximate surface area is 144 Å². The number of urea groups is 1. The van der Waals surface area contributed by atoms with E-state index in [0.29, 0.717) is 0 Å². The molecule has 3 aliphatic rings. The first kappa shape index (κ1) is 17.7. The minimum absolute atomic E-state index is 0.0701. The Balaban J connectivity index is 1.55. The highest BCUT2D eigenvalue weighted by Crippen LogP contribution is 2.33. The number of imide groups is 1. The summed E-state index contributed by atoms with van der Waals surface area (Å²) in [5.74, 6) is 0.889. The van der Waals surface area contributed by atoms with E-state index in [1.807, 2.05) is 20.8 Å². The Hall–Kier alpha value is -1.14. The Morgan fingerprint density at radius 3 is 2.67 bits per heavy atom. The molecule has 6 nitrogen and oxygen atoms in total.